The number of fused-ring (bicyclic) bond motifs is 2. The van der Waals surface area contributed by atoms with Crippen LogP contribution < -0.4 is 5.01 Å². The van der Waals surface area contributed by atoms with Crippen LogP contribution in [-0.2, 0) is 0 Å². The Morgan fingerprint density at radius 2 is 1.62 bits per heavy atom. The molecule has 0 unspecified atom stereocenters. The molecule has 3 rings (SSSR count). The predicted octanol–water partition coefficient (Wildman–Crippen LogP) is 4.83. The maximum Gasteiger partial charge on any atom is 0.280 e. The van der Waals surface area contributed by atoms with E-state index in [0.29, 0.717) is 10.9 Å². The van der Waals surface area contributed by atoms with Crippen LogP contribution in [0.15, 0.2) is 42.5 Å². The van der Waals surface area contributed by atoms with E-state index >= 15 is 0 Å². The summed E-state index contributed by atoms with van der Waals surface area (Å²) < 4.78 is 0. The van der Waals surface area contributed by atoms with Crippen LogP contribution >= 0.6 is 24.8 Å². The van der Waals surface area contributed by atoms with Crippen LogP contribution in [0, 0.1) is 10.1 Å². The fraction of sp³-hybridized carbons (Fsp3) is 0.278. The van der Waals surface area contributed by atoms with Gasteiger partial charge in [-0.2, -0.15) is 0 Å². The van der Waals surface area contributed by atoms with Gasteiger partial charge in [-0.15, -0.1) is 24.8 Å². The van der Waals surface area contributed by atoms with Gasteiger partial charge in [-0.1, -0.05) is 24.3 Å². The molecule has 1 heterocycles. The highest BCUT2D eigenvalue weighted by Crippen LogP contribution is 2.39. The summed E-state index contributed by atoms with van der Waals surface area (Å²) in [4.78, 5) is 15.9. The lowest BCUT2D eigenvalue weighted by Crippen LogP contribution is -2.42. The molecule has 0 aliphatic rings. The van der Waals surface area contributed by atoms with Crippen LogP contribution in [0.4, 0.5) is 11.4 Å². The molecule has 26 heavy (non-hydrogen) atoms. The number of non-ortho nitro benzene ring substituents is 1. The first-order chi connectivity index (χ1) is 11.4. The number of halogens is 2. The molecular weight excluding hydrogens is 375 g/mol. The Kier molecular flexibility index (Phi) is 7.15. The number of aromatic nitrogens is 1. The smallest absolute Gasteiger partial charge is 0.280 e. The molecular formula is C18H22Cl2N4O2. The quantitative estimate of drug-likeness (QED) is 0.358. The van der Waals surface area contributed by atoms with E-state index in [-0.39, 0.29) is 41.5 Å². The molecule has 3 aromatic rings. The van der Waals surface area contributed by atoms with Gasteiger partial charge in [-0.05, 0) is 26.0 Å². The van der Waals surface area contributed by atoms with E-state index in [4.69, 9.17) is 0 Å². The third-order valence-electron chi connectivity index (χ3n) is 4.00. The number of hydrazine groups is 1. The lowest BCUT2D eigenvalue weighted by Gasteiger charge is -2.36. The number of nitro groups is 1. The lowest BCUT2D eigenvalue weighted by molar-refractivity contribution is -0.383. The van der Waals surface area contributed by atoms with Crippen molar-refractivity contribution in [1.29, 1.82) is 0 Å². The maximum absolute atomic E-state index is 11.6. The van der Waals surface area contributed by atoms with Gasteiger partial charge in [-0.25, -0.2) is 9.99 Å². The largest absolute Gasteiger partial charge is 0.302 e. The Morgan fingerprint density at radius 1 is 1.00 bits per heavy atom. The second-order valence-corrected chi connectivity index (χ2v) is 6.19. The SMILES string of the molecule is CC(C)N(c1c2ccccc2nc2cccc([N+](=O)[O-])c12)N(C)C.Cl.Cl. The van der Waals surface area contributed by atoms with Crippen molar-refractivity contribution < 1.29 is 4.92 Å². The molecule has 1 aromatic heterocycles. The van der Waals surface area contributed by atoms with Gasteiger partial charge in [0.15, 0.2) is 0 Å². The van der Waals surface area contributed by atoms with E-state index in [1.165, 1.54) is 6.07 Å². The lowest BCUT2D eigenvalue weighted by atomic mass is 10.0. The van der Waals surface area contributed by atoms with Gasteiger partial charge in [0.25, 0.3) is 5.69 Å². The summed E-state index contributed by atoms with van der Waals surface area (Å²) in [6, 6.07) is 12.9. The highest BCUT2D eigenvalue weighted by molar-refractivity contribution is 6.11. The first-order valence-corrected chi connectivity index (χ1v) is 7.84. The van der Waals surface area contributed by atoms with Gasteiger partial charge in [0, 0.05) is 31.6 Å². The molecule has 0 saturated carbocycles. The van der Waals surface area contributed by atoms with E-state index in [1.54, 1.807) is 6.07 Å². The number of hydrogen-bond acceptors (Lipinski definition) is 5. The summed E-state index contributed by atoms with van der Waals surface area (Å²) >= 11 is 0. The first-order valence-electron chi connectivity index (χ1n) is 7.84. The number of pyridine rings is 1. The summed E-state index contributed by atoms with van der Waals surface area (Å²) in [5.74, 6) is 0. The number of anilines is 1. The molecule has 8 heteroatoms. The maximum atomic E-state index is 11.6. The zero-order valence-electron chi connectivity index (χ0n) is 15.0. The summed E-state index contributed by atoms with van der Waals surface area (Å²) in [5.41, 5.74) is 2.36. The zero-order valence-corrected chi connectivity index (χ0v) is 16.7. The average Bonchev–Trinajstić information content (AvgIpc) is 2.53. The number of nitrogens with zero attached hydrogens (tertiary/aromatic N) is 4. The third-order valence-corrected chi connectivity index (χ3v) is 4.00. The molecule has 140 valence electrons. The first kappa shape index (κ1) is 21.9. The van der Waals surface area contributed by atoms with Crippen LogP contribution in [0.2, 0.25) is 0 Å². The average molecular weight is 397 g/mol. The van der Waals surface area contributed by atoms with Crippen LogP contribution in [0.25, 0.3) is 21.8 Å². The molecule has 0 bridgehead atoms. The standard InChI is InChI=1S/C18H20N4O2.2ClH/c1-12(2)21(20(3)4)18-13-8-5-6-9-14(13)19-15-10-7-11-16(17(15)18)22(23)24;;/h5-12H,1-4H3;2*1H. The number of para-hydroxylation sites is 1. The number of hydrogen-bond donors (Lipinski definition) is 0. The van der Waals surface area contributed by atoms with Crippen molar-refractivity contribution in [3.63, 3.8) is 0 Å². The van der Waals surface area contributed by atoms with Crippen LogP contribution in [0.1, 0.15) is 13.8 Å². The molecule has 2 aromatic carbocycles. The normalized spacial score (nSPS) is 10.7. The van der Waals surface area contributed by atoms with Crippen molar-refractivity contribution >= 4 is 58.0 Å². The molecule has 0 N–H and O–H groups in total. The van der Waals surface area contributed by atoms with E-state index in [9.17, 15) is 10.1 Å². The third kappa shape index (κ3) is 3.67. The molecule has 0 aliphatic heterocycles. The van der Waals surface area contributed by atoms with Crippen LogP contribution in [-0.4, -0.2) is 35.1 Å². The summed E-state index contributed by atoms with van der Waals surface area (Å²) in [6.45, 7) is 4.13. The van der Waals surface area contributed by atoms with Gasteiger partial charge in [-0.3, -0.25) is 10.1 Å². The Balaban J connectivity index is 0.00000169. The second kappa shape index (κ2) is 8.49. The molecule has 0 spiro atoms. The van der Waals surface area contributed by atoms with Gasteiger partial charge < -0.3 is 5.01 Å². The summed E-state index contributed by atoms with van der Waals surface area (Å²) in [6.07, 6.45) is 0. The van der Waals surface area contributed by atoms with E-state index in [1.807, 2.05) is 49.4 Å². The van der Waals surface area contributed by atoms with Gasteiger partial charge in [0.2, 0.25) is 0 Å². The Morgan fingerprint density at radius 3 is 2.19 bits per heavy atom. The van der Waals surface area contributed by atoms with Crippen molar-refractivity contribution in [2.45, 2.75) is 19.9 Å². The summed E-state index contributed by atoms with van der Waals surface area (Å²) in [5, 5.41) is 17.1. The fourth-order valence-electron chi connectivity index (χ4n) is 3.21. The van der Waals surface area contributed by atoms with Crippen molar-refractivity contribution in [3.8, 4) is 0 Å². The van der Waals surface area contributed by atoms with E-state index in [0.717, 1.165) is 16.6 Å². The van der Waals surface area contributed by atoms with Crippen molar-refractivity contribution in [2.24, 2.45) is 0 Å². The fourth-order valence-corrected chi connectivity index (χ4v) is 3.21. The zero-order chi connectivity index (χ0) is 17.4. The number of rotatable bonds is 4. The van der Waals surface area contributed by atoms with Crippen molar-refractivity contribution in [3.05, 3.63) is 52.6 Å². The Bertz CT molecular complexity index is 924. The molecule has 0 amide bonds. The molecule has 0 aliphatic carbocycles. The van der Waals surface area contributed by atoms with Gasteiger partial charge in [0.1, 0.15) is 5.39 Å². The van der Waals surface area contributed by atoms with Crippen molar-refractivity contribution in [2.75, 3.05) is 19.1 Å². The molecule has 0 fully saturated rings. The second-order valence-electron chi connectivity index (χ2n) is 6.19. The Hall–Kier alpha value is -2.15. The van der Waals surface area contributed by atoms with E-state index in [2.05, 4.69) is 23.8 Å². The van der Waals surface area contributed by atoms with E-state index < -0.39 is 0 Å². The highest BCUT2D eigenvalue weighted by Gasteiger charge is 2.25. The predicted molar refractivity (Wildman–Crippen MR) is 112 cm³/mol. The topological polar surface area (TPSA) is 62.5 Å². The van der Waals surface area contributed by atoms with Crippen LogP contribution in [0.5, 0.6) is 0 Å². The van der Waals surface area contributed by atoms with Gasteiger partial charge in [0.05, 0.1) is 21.6 Å². The minimum atomic E-state index is -0.337. The molecule has 0 atom stereocenters. The van der Waals surface area contributed by atoms with Crippen molar-refractivity contribution in [1.82, 2.24) is 9.99 Å². The Labute approximate surface area is 164 Å². The molecule has 0 radical (unpaired) electrons. The molecule has 0 saturated heterocycles. The monoisotopic (exact) mass is 396 g/mol. The highest BCUT2D eigenvalue weighted by atomic mass is 35.5. The van der Waals surface area contributed by atoms with Crippen LogP contribution in [0.3, 0.4) is 0 Å². The number of benzene rings is 2. The summed E-state index contributed by atoms with van der Waals surface area (Å²) in [7, 11) is 3.88. The number of nitro benzene ring substituents is 1. The molecule has 6 nitrogen and oxygen atoms in total. The van der Waals surface area contributed by atoms with Gasteiger partial charge >= 0.3 is 0 Å². The minimum absolute atomic E-state index is 0. The minimum Gasteiger partial charge on any atom is -0.302 e.